The lowest BCUT2D eigenvalue weighted by Gasteiger charge is -2.50. The van der Waals surface area contributed by atoms with Crippen LogP contribution in [0, 0.1) is 12.3 Å². The number of carbonyl (C=O) groups is 1. The fourth-order valence-electron chi connectivity index (χ4n) is 1.99. The van der Waals surface area contributed by atoms with Gasteiger partial charge in [0.2, 0.25) is 0 Å². The number of hydrogen-bond donors (Lipinski definition) is 2. The maximum Gasteiger partial charge on any atom is 0.287 e. The zero-order valence-electron chi connectivity index (χ0n) is 9.91. The Kier molecular flexibility index (Phi) is 2.54. The van der Waals surface area contributed by atoms with Crippen molar-refractivity contribution in [3.8, 4) is 0 Å². The number of furan rings is 1. The summed E-state index contributed by atoms with van der Waals surface area (Å²) in [6.07, 6.45) is 0.832. The van der Waals surface area contributed by atoms with Crippen LogP contribution in [0.1, 0.15) is 36.6 Å². The van der Waals surface area contributed by atoms with Crippen molar-refractivity contribution in [1.82, 2.24) is 5.32 Å². The summed E-state index contributed by atoms with van der Waals surface area (Å²) in [5.41, 5.74) is 5.86. The molecule has 2 unspecified atom stereocenters. The van der Waals surface area contributed by atoms with Crippen LogP contribution in [0.2, 0.25) is 0 Å². The first-order valence-electron chi connectivity index (χ1n) is 5.54. The Morgan fingerprint density at radius 1 is 1.56 bits per heavy atom. The van der Waals surface area contributed by atoms with Crippen LogP contribution in [0.15, 0.2) is 16.5 Å². The van der Waals surface area contributed by atoms with Gasteiger partial charge in [-0.2, -0.15) is 0 Å². The number of nitrogens with two attached hydrogens (primary N) is 1. The summed E-state index contributed by atoms with van der Waals surface area (Å²) in [5, 5.41) is 2.95. The van der Waals surface area contributed by atoms with E-state index in [0.29, 0.717) is 5.76 Å². The predicted octanol–water partition coefficient (Wildman–Crippen LogP) is 1.44. The number of amides is 1. The van der Waals surface area contributed by atoms with Gasteiger partial charge < -0.3 is 15.5 Å². The van der Waals surface area contributed by atoms with E-state index < -0.39 is 0 Å². The number of aryl methyl sites for hydroxylation is 1. The van der Waals surface area contributed by atoms with Gasteiger partial charge in [0.25, 0.3) is 5.91 Å². The standard InChI is InChI=1S/C12H18N2O2/c1-7-4-5-8(16-7)11(15)14-10-6-9(13)12(10,2)3/h4-5,9-10H,6,13H2,1-3H3,(H,14,15). The third kappa shape index (κ3) is 1.73. The molecule has 1 aromatic heterocycles. The fraction of sp³-hybridized carbons (Fsp3) is 0.583. The summed E-state index contributed by atoms with van der Waals surface area (Å²) < 4.78 is 5.27. The largest absolute Gasteiger partial charge is 0.456 e. The molecule has 4 nitrogen and oxygen atoms in total. The summed E-state index contributed by atoms with van der Waals surface area (Å²) in [4.78, 5) is 11.8. The lowest BCUT2D eigenvalue weighted by Crippen LogP contribution is -2.64. The highest BCUT2D eigenvalue weighted by Crippen LogP contribution is 2.39. The van der Waals surface area contributed by atoms with E-state index in [2.05, 4.69) is 19.2 Å². The molecule has 2 rings (SSSR count). The number of carbonyl (C=O) groups excluding carboxylic acids is 1. The molecule has 0 aromatic carbocycles. The van der Waals surface area contributed by atoms with Gasteiger partial charge in [0.05, 0.1) is 0 Å². The first-order chi connectivity index (χ1) is 7.41. The molecule has 3 N–H and O–H groups in total. The lowest BCUT2D eigenvalue weighted by molar-refractivity contribution is 0.0568. The molecule has 0 spiro atoms. The van der Waals surface area contributed by atoms with Crippen molar-refractivity contribution >= 4 is 5.91 Å². The zero-order chi connectivity index (χ0) is 11.9. The van der Waals surface area contributed by atoms with E-state index in [1.54, 1.807) is 12.1 Å². The minimum Gasteiger partial charge on any atom is -0.456 e. The molecule has 0 radical (unpaired) electrons. The van der Waals surface area contributed by atoms with Gasteiger partial charge in [0.1, 0.15) is 5.76 Å². The van der Waals surface area contributed by atoms with Crippen LogP contribution >= 0.6 is 0 Å². The molecule has 1 aromatic rings. The van der Waals surface area contributed by atoms with Gasteiger partial charge in [0, 0.05) is 17.5 Å². The molecule has 1 saturated carbocycles. The quantitative estimate of drug-likeness (QED) is 0.795. The van der Waals surface area contributed by atoms with Crippen LogP contribution in [-0.2, 0) is 0 Å². The van der Waals surface area contributed by atoms with Crippen LogP contribution < -0.4 is 11.1 Å². The molecule has 0 aliphatic heterocycles. The molecule has 4 heteroatoms. The second-order valence-electron chi connectivity index (χ2n) is 5.10. The summed E-state index contributed by atoms with van der Waals surface area (Å²) in [7, 11) is 0. The molecule has 16 heavy (non-hydrogen) atoms. The summed E-state index contributed by atoms with van der Waals surface area (Å²) >= 11 is 0. The number of rotatable bonds is 2. The Bertz CT molecular complexity index is 409. The van der Waals surface area contributed by atoms with E-state index in [4.69, 9.17) is 10.2 Å². The molecule has 2 atom stereocenters. The molecular formula is C12H18N2O2. The van der Waals surface area contributed by atoms with E-state index in [1.165, 1.54) is 0 Å². The predicted molar refractivity (Wildman–Crippen MR) is 61.1 cm³/mol. The SMILES string of the molecule is Cc1ccc(C(=O)NC2CC(N)C2(C)C)o1. The van der Waals surface area contributed by atoms with Gasteiger partial charge in [0.15, 0.2) is 5.76 Å². The molecule has 1 heterocycles. The summed E-state index contributed by atoms with van der Waals surface area (Å²) in [5.74, 6) is 0.960. The van der Waals surface area contributed by atoms with E-state index in [-0.39, 0.29) is 23.4 Å². The maximum absolute atomic E-state index is 11.8. The molecule has 0 bridgehead atoms. The smallest absolute Gasteiger partial charge is 0.287 e. The molecule has 0 saturated heterocycles. The van der Waals surface area contributed by atoms with Crippen LogP contribution in [0.3, 0.4) is 0 Å². The normalized spacial score (nSPS) is 27.2. The average molecular weight is 222 g/mol. The van der Waals surface area contributed by atoms with Gasteiger partial charge >= 0.3 is 0 Å². The molecule has 1 aliphatic rings. The first-order valence-corrected chi connectivity index (χ1v) is 5.54. The summed E-state index contributed by atoms with van der Waals surface area (Å²) in [6, 6.07) is 3.78. The van der Waals surface area contributed by atoms with Crippen molar-refractivity contribution in [2.24, 2.45) is 11.1 Å². The third-order valence-corrected chi connectivity index (χ3v) is 3.61. The van der Waals surface area contributed by atoms with Crippen molar-refractivity contribution in [3.05, 3.63) is 23.7 Å². The minimum absolute atomic E-state index is 0.0305. The van der Waals surface area contributed by atoms with Gasteiger partial charge in [-0.05, 0) is 25.5 Å². The van der Waals surface area contributed by atoms with Crippen molar-refractivity contribution in [1.29, 1.82) is 0 Å². The van der Waals surface area contributed by atoms with Crippen molar-refractivity contribution < 1.29 is 9.21 Å². The van der Waals surface area contributed by atoms with Crippen LogP contribution in [0.4, 0.5) is 0 Å². The first kappa shape index (κ1) is 11.2. The Labute approximate surface area is 95.2 Å². The number of hydrogen-bond acceptors (Lipinski definition) is 3. The lowest BCUT2D eigenvalue weighted by atomic mass is 9.63. The Morgan fingerprint density at radius 2 is 2.25 bits per heavy atom. The van der Waals surface area contributed by atoms with E-state index >= 15 is 0 Å². The van der Waals surface area contributed by atoms with Crippen molar-refractivity contribution in [2.75, 3.05) is 0 Å². The molecule has 88 valence electrons. The van der Waals surface area contributed by atoms with Gasteiger partial charge in [-0.1, -0.05) is 13.8 Å². The van der Waals surface area contributed by atoms with Crippen LogP contribution in [0.5, 0.6) is 0 Å². The van der Waals surface area contributed by atoms with E-state index in [9.17, 15) is 4.79 Å². The van der Waals surface area contributed by atoms with Crippen molar-refractivity contribution in [3.63, 3.8) is 0 Å². The van der Waals surface area contributed by atoms with E-state index in [1.807, 2.05) is 6.92 Å². The Balaban J connectivity index is 1.99. The zero-order valence-corrected chi connectivity index (χ0v) is 9.91. The van der Waals surface area contributed by atoms with Gasteiger partial charge in [-0.15, -0.1) is 0 Å². The second kappa shape index (κ2) is 3.63. The molecular weight excluding hydrogens is 204 g/mol. The Morgan fingerprint density at radius 3 is 2.69 bits per heavy atom. The van der Waals surface area contributed by atoms with Crippen LogP contribution in [0.25, 0.3) is 0 Å². The van der Waals surface area contributed by atoms with Gasteiger partial charge in [-0.25, -0.2) is 0 Å². The molecule has 1 aliphatic carbocycles. The number of nitrogens with one attached hydrogen (secondary N) is 1. The van der Waals surface area contributed by atoms with Gasteiger partial charge in [-0.3, -0.25) is 4.79 Å². The topological polar surface area (TPSA) is 68.3 Å². The fourth-order valence-corrected chi connectivity index (χ4v) is 1.99. The Hall–Kier alpha value is -1.29. The van der Waals surface area contributed by atoms with Crippen LogP contribution in [-0.4, -0.2) is 18.0 Å². The third-order valence-electron chi connectivity index (χ3n) is 3.61. The van der Waals surface area contributed by atoms with Crippen molar-refractivity contribution in [2.45, 2.75) is 39.3 Å². The highest BCUT2D eigenvalue weighted by molar-refractivity contribution is 5.91. The van der Waals surface area contributed by atoms with E-state index in [0.717, 1.165) is 12.2 Å². The maximum atomic E-state index is 11.8. The monoisotopic (exact) mass is 222 g/mol. The molecule has 1 amide bonds. The minimum atomic E-state index is -0.155. The highest BCUT2D eigenvalue weighted by atomic mass is 16.3. The average Bonchev–Trinajstić information content (AvgIpc) is 2.64. The highest BCUT2D eigenvalue weighted by Gasteiger charge is 2.46. The summed E-state index contributed by atoms with van der Waals surface area (Å²) in [6.45, 7) is 5.96. The second-order valence-corrected chi connectivity index (χ2v) is 5.10. The molecule has 1 fully saturated rings.